The summed E-state index contributed by atoms with van der Waals surface area (Å²) >= 11 is 1.81. The third-order valence-electron chi connectivity index (χ3n) is 2.45. The van der Waals surface area contributed by atoms with Crippen LogP contribution in [0, 0.1) is 0 Å². The molecule has 66 valence electrons. The fraction of sp³-hybridized carbons (Fsp3) is 0. The first-order valence-corrected chi connectivity index (χ1v) is 5.51. The van der Waals surface area contributed by atoms with Crippen LogP contribution in [0.2, 0.25) is 0 Å². The fourth-order valence-electron chi connectivity index (χ4n) is 1.76. The second kappa shape index (κ2) is 3.03. The Morgan fingerprint density at radius 1 is 0.714 bits per heavy atom. The SMILES string of the molecule is c1ccc2c(c1)c[s+]c1ccccc12. The summed E-state index contributed by atoms with van der Waals surface area (Å²) < 4.78 is 1.35. The van der Waals surface area contributed by atoms with Gasteiger partial charge in [0.25, 0.3) is 0 Å². The predicted molar refractivity (Wildman–Crippen MR) is 63.7 cm³/mol. The number of fused-ring (bicyclic) bond motifs is 3. The van der Waals surface area contributed by atoms with Gasteiger partial charge in [-0.05, 0) is 17.5 Å². The van der Waals surface area contributed by atoms with Crippen LogP contribution in [-0.4, -0.2) is 0 Å². The van der Waals surface area contributed by atoms with Crippen LogP contribution in [-0.2, 0) is 0 Å². The molecule has 0 bridgehead atoms. The molecule has 0 nitrogen and oxygen atoms in total. The molecule has 0 saturated carbocycles. The molecule has 0 fully saturated rings. The van der Waals surface area contributed by atoms with Crippen LogP contribution < -0.4 is 0 Å². The molecule has 0 N–H and O–H groups in total. The third kappa shape index (κ3) is 1.10. The van der Waals surface area contributed by atoms with E-state index in [1.54, 1.807) is 11.3 Å². The van der Waals surface area contributed by atoms with Gasteiger partial charge >= 0.3 is 0 Å². The highest BCUT2D eigenvalue weighted by atomic mass is 32.1. The van der Waals surface area contributed by atoms with E-state index in [0.29, 0.717) is 0 Å². The molecule has 0 aliphatic rings. The van der Waals surface area contributed by atoms with Crippen LogP contribution in [0.15, 0.2) is 53.9 Å². The first-order chi connectivity index (χ1) is 6.95. The minimum Gasteiger partial charge on any atom is -0.0616 e. The molecular formula is C13H9S+. The van der Waals surface area contributed by atoms with E-state index >= 15 is 0 Å². The standard InChI is InChI=1S/C13H9S/c1-2-6-11-10(5-1)9-14-13-8-4-3-7-12(11)13/h1-9H/q+1. The molecule has 1 aromatic heterocycles. The smallest absolute Gasteiger partial charge is 0.0616 e. The van der Waals surface area contributed by atoms with E-state index in [0.717, 1.165) is 0 Å². The van der Waals surface area contributed by atoms with Crippen molar-refractivity contribution < 1.29 is 0 Å². The van der Waals surface area contributed by atoms with Crippen molar-refractivity contribution in [2.45, 2.75) is 0 Å². The average molecular weight is 197 g/mol. The van der Waals surface area contributed by atoms with Crippen molar-refractivity contribution in [1.82, 2.24) is 0 Å². The largest absolute Gasteiger partial charge is 0.238 e. The van der Waals surface area contributed by atoms with Gasteiger partial charge in [0.05, 0.1) is 0 Å². The molecule has 3 aromatic rings. The number of hydrogen-bond donors (Lipinski definition) is 0. The normalized spacial score (nSPS) is 10.9. The predicted octanol–water partition coefficient (Wildman–Crippen LogP) is 4.34. The molecule has 0 atom stereocenters. The van der Waals surface area contributed by atoms with Crippen LogP contribution in [0.4, 0.5) is 0 Å². The summed E-state index contributed by atoms with van der Waals surface area (Å²) in [7, 11) is 0. The summed E-state index contributed by atoms with van der Waals surface area (Å²) in [5.74, 6) is 0. The maximum Gasteiger partial charge on any atom is 0.238 e. The molecular weight excluding hydrogens is 188 g/mol. The molecule has 14 heavy (non-hydrogen) atoms. The number of benzene rings is 2. The van der Waals surface area contributed by atoms with E-state index in [-0.39, 0.29) is 0 Å². The van der Waals surface area contributed by atoms with Gasteiger partial charge in [0.15, 0.2) is 0 Å². The Morgan fingerprint density at radius 3 is 2.36 bits per heavy atom. The monoisotopic (exact) mass is 197 g/mol. The first-order valence-electron chi connectivity index (χ1n) is 4.63. The number of hydrogen-bond acceptors (Lipinski definition) is 0. The fourth-order valence-corrected chi connectivity index (χ4v) is 2.69. The van der Waals surface area contributed by atoms with Crippen molar-refractivity contribution in [3.05, 3.63) is 53.9 Å². The van der Waals surface area contributed by atoms with Crippen molar-refractivity contribution in [2.75, 3.05) is 0 Å². The Labute approximate surface area is 86.4 Å². The average Bonchev–Trinajstić information content (AvgIpc) is 2.29. The van der Waals surface area contributed by atoms with Gasteiger partial charge in [-0.3, -0.25) is 0 Å². The van der Waals surface area contributed by atoms with E-state index in [1.165, 1.54) is 20.9 Å². The lowest BCUT2D eigenvalue weighted by atomic mass is 10.1. The van der Waals surface area contributed by atoms with E-state index in [4.69, 9.17) is 0 Å². The molecule has 0 aliphatic carbocycles. The van der Waals surface area contributed by atoms with Crippen LogP contribution in [0.1, 0.15) is 0 Å². The van der Waals surface area contributed by atoms with Crippen LogP contribution in [0.3, 0.4) is 0 Å². The molecule has 0 saturated heterocycles. The molecule has 0 aliphatic heterocycles. The molecule has 3 rings (SSSR count). The summed E-state index contributed by atoms with van der Waals surface area (Å²) in [6, 6.07) is 17.1. The minimum atomic E-state index is 1.33. The molecule has 0 unspecified atom stereocenters. The van der Waals surface area contributed by atoms with Gasteiger partial charge in [-0.25, -0.2) is 0 Å². The van der Waals surface area contributed by atoms with Gasteiger partial charge in [0, 0.05) is 16.8 Å². The highest BCUT2D eigenvalue weighted by Gasteiger charge is 2.07. The zero-order chi connectivity index (χ0) is 9.38. The van der Waals surface area contributed by atoms with Gasteiger partial charge in [-0.2, -0.15) is 0 Å². The van der Waals surface area contributed by atoms with Crippen molar-refractivity contribution in [3.63, 3.8) is 0 Å². The minimum absolute atomic E-state index is 1.33. The Hall–Kier alpha value is -1.47. The van der Waals surface area contributed by atoms with Crippen LogP contribution in [0.5, 0.6) is 0 Å². The second-order valence-electron chi connectivity index (χ2n) is 3.32. The van der Waals surface area contributed by atoms with E-state index in [9.17, 15) is 0 Å². The highest BCUT2D eigenvalue weighted by molar-refractivity contribution is 7.17. The maximum absolute atomic E-state index is 2.22. The zero-order valence-electron chi connectivity index (χ0n) is 7.60. The van der Waals surface area contributed by atoms with Crippen molar-refractivity contribution >= 4 is 32.2 Å². The molecule has 0 spiro atoms. The molecule has 0 amide bonds. The Morgan fingerprint density at radius 2 is 1.43 bits per heavy atom. The van der Waals surface area contributed by atoms with Crippen LogP contribution in [0.25, 0.3) is 20.9 Å². The summed E-state index contributed by atoms with van der Waals surface area (Å²) in [5.41, 5.74) is 0. The lowest BCUT2D eigenvalue weighted by Crippen LogP contribution is -1.73. The number of rotatable bonds is 0. The summed E-state index contributed by atoms with van der Waals surface area (Å²) in [6.45, 7) is 0. The van der Waals surface area contributed by atoms with E-state index in [2.05, 4.69) is 53.9 Å². The topological polar surface area (TPSA) is 0 Å². The van der Waals surface area contributed by atoms with Gasteiger partial charge in [-0.15, -0.1) is 0 Å². The molecule has 2 aromatic carbocycles. The lowest BCUT2D eigenvalue weighted by Gasteiger charge is -1.94. The van der Waals surface area contributed by atoms with Crippen LogP contribution >= 0.6 is 11.3 Å². The molecule has 1 heterocycles. The Bertz CT molecular complexity index is 544. The maximum atomic E-state index is 2.22. The van der Waals surface area contributed by atoms with Gasteiger partial charge < -0.3 is 0 Å². The Kier molecular flexibility index (Phi) is 1.71. The molecule has 0 radical (unpaired) electrons. The zero-order valence-corrected chi connectivity index (χ0v) is 8.42. The van der Waals surface area contributed by atoms with Crippen molar-refractivity contribution in [3.8, 4) is 0 Å². The van der Waals surface area contributed by atoms with E-state index < -0.39 is 0 Å². The van der Waals surface area contributed by atoms with Crippen molar-refractivity contribution in [2.24, 2.45) is 0 Å². The second-order valence-corrected chi connectivity index (χ2v) is 4.23. The third-order valence-corrected chi connectivity index (χ3v) is 3.43. The lowest BCUT2D eigenvalue weighted by molar-refractivity contribution is 1.81. The quantitative estimate of drug-likeness (QED) is 0.371. The van der Waals surface area contributed by atoms with E-state index in [1.807, 2.05) is 0 Å². The van der Waals surface area contributed by atoms with Crippen molar-refractivity contribution in [1.29, 1.82) is 0 Å². The summed E-state index contributed by atoms with van der Waals surface area (Å²) in [6.07, 6.45) is 0. The first kappa shape index (κ1) is 7.89. The summed E-state index contributed by atoms with van der Waals surface area (Å²) in [4.78, 5) is 0. The Balaban J connectivity index is 2.61. The molecule has 1 heteroatoms. The van der Waals surface area contributed by atoms with Gasteiger partial charge in [-0.1, -0.05) is 30.3 Å². The van der Waals surface area contributed by atoms with Gasteiger partial charge in [0.1, 0.15) is 0 Å². The van der Waals surface area contributed by atoms with Gasteiger partial charge in [0.2, 0.25) is 21.4 Å². The summed E-state index contributed by atoms with van der Waals surface area (Å²) in [5, 5.41) is 6.26. The highest BCUT2D eigenvalue weighted by Crippen LogP contribution is 2.27.